The lowest BCUT2D eigenvalue weighted by molar-refractivity contribution is 0.185. The summed E-state index contributed by atoms with van der Waals surface area (Å²) in [4.78, 5) is 5.64. The molecule has 0 aliphatic rings. The molecule has 1 rings (SSSR count). The van der Waals surface area contributed by atoms with E-state index in [9.17, 15) is 0 Å². The van der Waals surface area contributed by atoms with E-state index in [2.05, 4.69) is 24.1 Å². The monoisotopic (exact) mass is 228 g/mol. The largest absolute Gasteiger partial charge is 0.385 e. The molecule has 1 aromatic heterocycles. The number of nitrogens with one attached hydrogen (secondary N) is 1. The molecular weight excluding hydrogens is 208 g/mol. The van der Waals surface area contributed by atoms with Gasteiger partial charge < -0.3 is 10.1 Å². The summed E-state index contributed by atoms with van der Waals surface area (Å²) >= 11 is 1.79. The molecule has 3 nitrogen and oxygen atoms in total. The summed E-state index contributed by atoms with van der Waals surface area (Å²) in [5.74, 6) is 0. The summed E-state index contributed by atoms with van der Waals surface area (Å²) in [5.41, 5.74) is 0. The third-order valence-electron chi connectivity index (χ3n) is 2.28. The van der Waals surface area contributed by atoms with Crippen LogP contribution in [0.1, 0.15) is 30.2 Å². The maximum absolute atomic E-state index is 5.04. The molecule has 0 saturated heterocycles. The minimum Gasteiger partial charge on any atom is -0.385 e. The lowest BCUT2D eigenvalue weighted by atomic mass is 10.2. The van der Waals surface area contributed by atoms with Gasteiger partial charge in [-0.25, -0.2) is 4.98 Å². The zero-order valence-electron chi connectivity index (χ0n) is 9.75. The van der Waals surface area contributed by atoms with Crippen LogP contribution in [-0.4, -0.2) is 24.7 Å². The zero-order chi connectivity index (χ0) is 11.1. The highest BCUT2D eigenvalue weighted by atomic mass is 32.1. The lowest BCUT2D eigenvalue weighted by Crippen LogP contribution is -2.26. The quantitative estimate of drug-likeness (QED) is 0.777. The van der Waals surface area contributed by atoms with E-state index in [1.165, 1.54) is 9.88 Å². The Morgan fingerprint density at radius 1 is 1.60 bits per heavy atom. The van der Waals surface area contributed by atoms with E-state index in [-0.39, 0.29) is 0 Å². The van der Waals surface area contributed by atoms with Crippen molar-refractivity contribution >= 4 is 11.3 Å². The average molecular weight is 228 g/mol. The van der Waals surface area contributed by atoms with E-state index >= 15 is 0 Å². The van der Waals surface area contributed by atoms with Gasteiger partial charge in [0.2, 0.25) is 0 Å². The Kier molecular flexibility index (Phi) is 5.83. The predicted octanol–water partition coefficient (Wildman–Crippen LogP) is 2.22. The van der Waals surface area contributed by atoms with Crippen molar-refractivity contribution in [3.8, 4) is 0 Å². The van der Waals surface area contributed by atoms with Crippen LogP contribution in [0.4, 0.5) is 0 Å². The molecule has 1 unspecified atom stereocenters. The molecule has 1 N–H and O–H groups in total. The van der Waals surface area contributed by atoms with Crippen LogP contribution >= 0.6 is 11.3 Å². The van der Waals surface area contributed by atoms with Gasteiger partial charge in [0, 0.05) is 37.4 Å². The summed E-state index contributed by atoms with van der Waals surface area (Å²) in [5, 5.41) is 4.68. The predicted molar refractivity (Wildman–Crippen MR) is 64.3 cm³/mol. The van der Waals surface area contributed by atoms with Gasteiger partial charge in [-0.15, -0.1) is 11.3 Å². The number of nitrogens with zero attached hydrogens (tertiary/aromatic N) is 1. The van der Waals surface area contributed by atoms with Crippen molar-refractivity contribution in [1.82, 2.24) is 10.3 Å². The topological polar surface area (TPSA) is 34.2 Å². The van der Waals surface area contributed by atoms with Crippen LogP contribution in [0.25, 0.3) is 0 Å². The lowest BCUT2D eigenvalue weighted by Gasteiger charge is -2.11. The second-order valence-corrected chi connectivity index (χ2v) is 4.84. The van der Waals surface area contributed by atoms with E-state index in [4.69, 9.17) is 4.74 Å². The molecule has 1 aromatic rings. The van der Waals surface area contributed by atoms with Gasteiger partial charge in [0.1, 0.15) is 0 Å². The minimum atomic E-state index is 0.497. The molecule has 0 amide bonds. The van der Waals surface area contributed by atoms with Crippen LogP contribution in [0, 0.1) is 0 Å². The molecule has 0 fully saturated rings. The van der Waals surface area contributed by atoms with Crippen LogP contribution in [0.5, 0.6) is 0 Å². The Labute approximate surface area is 95.9 Å². The highest BCUT2D eigenvalue weighted by Gasteiger charge is 2.03. The fraction of sp³-hybridized carbons (Fsp3) is 0.727. The van der Waals surface area contributed by atoms with Crippen molar-refractivity contribution in [3.05, 3.63) is 16.1 Å². The number of ether oxygens (including phenoxy) is 1. The molecule has 0 aromatic carbocycles. The molecule has 0 aliphatic heterocycles. The highest BCUT2D eigenvalue weighted by Crippen LogP contribution is 2.13. The second kappa shape index (κ2) is 6.93. The SMILES string of the molecule is CCc1ncc(CNC(C)CCOC)s1. The molecule has 4 heteroatoms. The molecule has 0 saturated carbocycles. The maximum Gasteiger partial charge on any atom is 0.0925 e. The Balaban J connectivity index is 2.24. The van der Waals surface area contributed by atoms with Crippen LogP contribution in [0.15, 0.2) is 6.20 Å². The molecule has 0 aliphatic carbocycles. The Morgan fingerprint density at radius 3 is 3.00 bits per heavy atom. The fourth-order valence-corrected chi connectivity index (χ4v) is 2.08. The van der Waals surface area contributed by atoms with Crippen molar-refractivity contribution in [2.24, 2.45) is 0 Å². The van der Waals surface area contributed by atoms with E-state index in [1.54, 1.807) is 18.4 Å². The normalized spacial score (nSPS) is 13.0. The average Bonchev–Trinajstić information content (AvgIpc) is 2.71. The number of hydrogen-bond acceptors (Lipinski definition) is 4. The van der Waals surface area contributed by atoms with Gasteiger partial charge in [-0.2, -0.15) is 0 Å². The smallest absolute Gasteiger partial charge is 0.0925 e. The van der Waals surface area contributed by atoms with Crippen LogP contribution in [-0.2, 0) is 17.7 Å². The van der Waals surface area contributed by atoms with Crippen LogP contribution in [0.3, 0.4) is 0 Å². The van der Waals surface area contributed by atoms with Gasteiger partial charge in [-0.05, 0) is 19.8 Å². The summed E-state index contributed by atoms with van der Waals surface area (Å²) in [7, 11) is 1.74. The third-order valence-corrected chi connectivity index (χ3v) is 3.43. The molecular formula is C11H20N2OS. The Hall–Kier alpha value is -0.450. The molecule has 0 radical (unpaired) electrons. The van der Waals surface area contributed by atoms with Crippen molar-refractivity contribution < 1.29 is 4.74 Å². The van der Waals surface area contributed by atoms with Gasteiger partial charge in [0.25, 0.3) is 0 Å². The van der Waals surface area contributed by atoms with Gasteiger partial charge in [-0.1, -0.05) is 6.92 Å². The summed E-state index contributed by atoms with van der Waals surface area (Å²) in [6, 6.07) is 0.497. The number of aryl methyl sites for hydroxylation is 1. The van der Waals surface area contributed by atoms with E-state index in [1.807, 2.05) is 6.20 Å². The van der Waals surface area contributed by atoms with Crippen molar-refractivity contribution in [2.45, 2.75) is 39.3 Å². The van der Waals surface area contributed by atoms with E-state index in [0.717, 1.165) is 26.0 Å². The molecule has 0 bridgehead atoms. The number of thiazole rings is 1. The van der Waals surface area contributed by atoms with Crippen LogP contribution < -0.4 is 5.32 Å². The first-order valence-electron chi connectivity index (χ1n) is 5.42. The van der Waals surface area contributed by atoms with E-state index < -0.39 is 0 Å². The van der Waals surface area contributed by atoms with Crippen molar-refractivity contribution in [3.63, 3.8) is 0 Å². The first kappa shape index (κ1) is 12.6. The standard InChI is InChI=1S/C11H20N2OS/c1-4-11-13-8-10(15-11)7-12-9(2)5-6-14-3/h8-9,12H,4-7H2,1-3H3. The number of rotatable bonds is 7. The van der Waals surface area contributed by atoms with Gasteiger partial charge in [-0.3, -0.25) is 0 Å². The molecule has 1 atom stereocenters. The second-order valence-electron chi connectivity index (χ2n) is 3.64. The molecule has 1 heterocycles. The summed E-state index contributed by atoms with van der Waals surface area (Å²) in [6.45, 7) is 6.05. The Bertz CT molecular complexity index is 275. The summed E-state index contributed by atoms with van der Waals surface area (Å²) in [6.07, 6.45) is 4.05. The van der Waals surface area contributed by atoms with E-state index in [0.29, 0.717) is 6.04 Å². The highest BCUT2D eigenvalue weighted by molar-refractivity contribution is 7.11. The zero-order valence-corrected chi connectivity index (χ0v) is 10.6. The van der Waals surface area contributed by atoms with Gasteiger partial charge >= 0.3 is 0 Å². The fourth-order valence-electron chi connectivity index (χ4n) is 1.26. The van der Waals surface area contributed by atoms with Crippen molar-refractivity contribution in [2.75, 3.05) is 13.7 Å². The maximum atomic E-state index is 5.04. The Morgan fingerprint density at radius 2 is 2.40 bits per heavy atom. The number of methoxy groups -OCH3 is 1. The van der Waals surface area contributed by atoms with Gasteiger partial charge in [0.05, 0.1) is 5.01 Å². The number of hydrogen-bond donors (Lipinski definition) is 1. The molecule has 0 spiro atoms. The first-order chi connectivity index (χ1) is 7.26. The molecule has 15 heavy (non-hydrogen) atoms. The number of aromatic nitrogens is 1. The first-order valence-corrected chi connectivity index (χ1v) is 6.23. The minimum absolute atomic E-state index is 0.497. The summed E-state index contributed by atoms with van der Waals surface area (Å²) < 4.78 is 5.04. The van der Waals surface area contributed by atoms with Crippen molar-refractivity contribution in [1.29, 1.82) is 0 Å². The molecule has 86 valence electrons. The third kappa shape index (κ3) is 4.73. The van der Waals surface area contributed by atoms with Crippen LogP contribution in [0.2, 0.25) is 0 Å². The van der Waals surface area contributed by atoms with Gasteiger partial charge in [0.15, 0.2) is 0 Å².